The van der Waals surface area contributed by atoms with Crippen LogP contribution in [0.3, 0.4) is 0 Å². The predicted octanol–water partition coefficient (Wildman–Crippen LogP) is -0.468. The Labute approximate surface area is 141 Å². The van der Waals surface area contributed by atoms with Crippen molar-refractivity contribution < 1.29 is 9.53 Å². The normalized spacial score (nSPS) is 24.1. The van der Waals surface area contributed by atoms with Gasteiger partial charge in [-0.3, -0.25) is 4.79 Å². The predicted molar refractivity (Wildman–Crippen MR) is 89.6 cm³/mol. The third-order valence-electron chi connectivity index (χ3n) is 5.03. The van der Waals surface area contributed by atoms with E-state index in [0.29, 0.717) is 25.6 Å². The largest absolute Gasteiger partial charge is 0.368 e. The van der Waals surface area contributed by atoms with Crippen molar-refractivity contribution in [2.45, 2.75) is 31.9 Å². The third-order valence-corrected chi connectivity index (χ3v) is 5.03. The summed E-state index contributed by atoms with van der Waals surface area (Å²) in [7, 11) is 0. The van der Waals surface area contributed by atoms with Crippen LogP contribution in [0, 0.1) is 0 Å². The first kappa shape index (κ1) is 15.6. The second-order valence-corrected chi connectivity index (χ2v) is 6.57. The molecule has 1 amide bonds. The van der Waals surface area contributed by atoms with Crippen LogP contribution < -0.4 is 16.0 Å². The van der Waals surface area contributed by atoms with Gasteiger partial charge < -0.3 is 25.6 Å². The summed E-state index contributed by atoms with van der Waals surface area (Å²) in [6.07, 6.45) is 2.52. The van der Waals surface area contributed by atoms with E-state index in [9.17, 15) is 4.79 Å². The quantitative estimate of drug-likeness (QED) is 0.756. The fourth-order valence-electron chi connectivity index (χ4n) is 3.73. The summed E-state index contributed by atoms with van der Waals surface area (Å²) in [5.41, 5.74) is 8.09. The molecule has 1 atom stereocenters. The molecule has 2 saturated heterocycles. The van der Waals surface area contributed by atoms with Crippen LogP contribution >= 0.6 is 0 Å². The lowest BCUT2D eigenvalue weighted by atomic mass is 10.1. The number of piperazine rings is 1. The average molecular weight is 332 g/mol. The van der Waals surface area contributed by atoms with Gasteiger partial charge in [0.15, 0.2) is 0 Å². The van der Waals surface area contributed by atoms with Gasteiger partial charge in [0, 0.05) is 44.9 Å². The summed E-state index contributed by atoms with van der Waals surface area (Å²) >= 11 is 0. The number of nitrogens with zero attached hydrogens (tertiary/aromatic N) is 4. The average Bonchev–Trinajstić information content (AvgIpc) is 3.15. The molecule has 4 heterocycles. The Balaban J connectivity index is 1.46. The van der Waals surface area contributed by atoms with Gasteiger partial charge in [-0.05, 0) is 25.8 Å². The van der Waals surface area contributed by atoms with Gasteiger partial charge in [-0.15, -0.1) is 0 Å². The van der Waals surface area contributed by atoms with Crippen molar-refractivity contribution in [2.24, 2.45) is 0 Å². The zero-order chi connectivity index (χ0) is 16.5. The molecule has 3 aliphatic rings. The van der Waals surface area contributed by atoms with Gasteiger partial charge in [0.2, 0.25) is 5.95 Å². The summed E-state index contributed by atoms with van der Waals surface area (Å²) in [5, 5.41) is 3.32. The molecule has 0 aromatic carbocycles. The van der Waals surface area contributed by atoms with Gasteiger partial charge in [0.05, 0.1) is 5.69 Å². The topological polar surface area (TPSA) is 96.6 Å². The van der Waals surface area contributed by atoms with Gasteiger partial charge in [-0.25, -0.2) is 4.98 Å². The number of hydrogen-bond acceptors (Lipinski definition) is 7. The lowest BCUT2D eigenvalue weighted by molar-refractivity contribution is -0.141. The van der Waals surface area contributed by atoms with E-state index < -0.39 is 0 Å². The van der Waals surface area contributed by atoms with Gasteiger partial charge >= 0.3 is 0 Å². The highest BCUT2D eigenvalue weighted by atomic mass is 16.5. The molecule has 3 N–H and O–H groups in total. The van der Waals surface area contributed by atoms with E-state index in [1.54, 1.807) is 0 Å². The first-order valence-electron chi connectivity index (χ1n) is 8.73. The third kappa shape index (κ3) is 2.91. The fraction of sp³-hybridized carbons (Fsp3) is 0.688. The molecule has 0 radical (unpaired) electrons. The highest BCUT2D eigenvalue weighted by Gasteiger charge is 2.31. The number of nitrogen functional groups attached to an aromatic ring is 1. The zero-order valence-corrected chi connectivity index (χ0v) is 13.8. The van der Waals surface area contributed by atoms with Crippen LogP contribution in [0.5, 0.6) is 0 Å². The summed E-state index contributed by atoms with van der Waals surface area (Å²) in [5.74, 6) is 1.41. The number of ether oxygens (including phenoxy) is 1. The molecule has 24 heavy (non-hydrogen) atoms. The molecular weight excluding hydrogens is 308 g/mol. The smallest absolute Gasteiger partial charge is 0.251 e. The summed E-state index contributed by atoms with van der Waals surface area (Å²) in [4.78, 5) is 25.5. The van der Waals surface area contributed by atoms with Crippen LogP contribution in [0.15, 0.2) is 0 Å². The van der Waals surface area contributed by atoms with Crippen molar-refractivity contribution in [3.05, 3.63) is 11.3 Å². The monoisotopic (exact) mass is 332 g/mol. The maximum absolute atomic E-state index is 12.5. The Morgan fingerprint density at radius 2 is 2.08 bits per heavy atom. The Kier molecular flexibility index (Phi) is 4.24. The summed E-state index contributed by atoms with van der Waals surface area (Å²) < 4.78 is 5.52. The zero-order valence-electron chi connectivity index (χ0n) is 13.8. The molecule has 0 spiro atoms. The van der Waals surface area contributed by atoms with Crippen LogP contribution in [0.4, 0.5) is 11.8 Å². The molecule has 4 rings (SSSR count). The van der Waals surface area contributed by atoms with Crippen LogP contribution in [0.2, 0.25) is 0 Å². The van der Waals surface area contributed by atoms with Gasteiger partial charge in [0.25, 0.3) is 5.91 Å². The van der Waals surface area contributed by atoms with Crippen molar-refractivity contribution in [3.8, 4) is 0 Å². The van der Waals surface area contributed by atoms with Crippen molar-refractivity contribution in [3.63, 3.8) is 0 Å². The maximum Gasteiger partial charge on any atom is 0.251 e. The Bertz CT molecular complexity index is 623. The van der Waals surface area contributed by atoms with E-state index in [4.69, 9.17) is 10.5 Å². The van der Waals surface area contributed by atoms with Crippen LogP contribution in [0.25, 0.3) is 0 Å². The SMILES string of the molecule is Nc1nc2c(c(N3CCN(C(=O)C4CCCO4)CC3)n1)CCNC2. The molecule has 1 aromatic rings. The first-order chi connectivity index (χ1) is 11.7. The molecule has 0 saturated carbocycles. The Morgan fingerprint density at radius 3 is 2.83 bits per heavy atom. The fourth-order valence-corrected chi connectivity index (χ4v) is 3.73. The van der Waals surface area contributed by atoms with E-state index in [-0.39, 0.29) is 12.0 Å². The van der Waals surface area contributed by atoms with Crippen molar-refractivity contribution in [2.75, 3.05) is 50.0 Å². The van der Waals surface area contributed by atoms with Crippen LogP contribution in [-0.2, 0) is 22.5 Å². The van der Waals surface area contributed by atoms with Crippen LogP contribution in [0.1, 0.15) is 24.1 Å². The number of rotatable bonds is 2. The van der Waals surface area contributed by atoms with E-state index in [1.165, 1.54) is 5.56 Å². The molecular formula is C16H24N6O2. The first-order valence-corrected chi connectivity index (χ1v) is 8.73. The molecule has 1 aromatic heterocycles. The number of carbonyl (C=O) groups excluding carboxylic acids is 1. The number of nitrogens with two attached hydrogens (primary N) is 1. The summed E-state index contributed by atoms with van der Waals surface area (Å²) in [6.45, 7) is 5.34. The van der Waals surface area contributed by atoms with Crippen molar-refractivity contribution in [1.82, 2.24) is 20.2 Å². The Hall–Kier alpha value is -1.93. The van der Waals surface area contributed by atoms with Gasteiger partial charge in [0.1, 0.15) is 11.9 Å². The second-order valence-electron chi connectivity index (χ2n) is 6.57. The number of amides is 1. The number of aromatic nitrogens is 2. The van der Waals surface area contributed by atoms with E-state index in [2.05, 4.69) is 20.2 Å². The molecule has 3 aliphatic heterocycles. The maximum atomic E-state index is 12.5. The number of nitrogens with one attached hydrogen (secondary N) is 1. The van der Waals surface area contributed by atoms with Crippen molar-refractivity contribution >= 4 is 17.7 Å². The molecule has 0 aliphatic carbocycles. The molecule has 8 heteroatoms. The van der Waals surface area contributed by atoms with E-state index in [1.807, 2.05) is 4.90 Å². The number of fused-ring (bicyclic) bond motifs is 1. The standard InChI is InChI=1S/C16H24N6O2/c17-16-19-12-10-18-4-3-11(12)14(20-16)21-5-7-22(8-6-21)15(23)13-2-1-9-24-13/h13,18H,1-10H2,(H2,17,19,20). The molecule has 8 nitrogen and oxygen atoms in total. The summed E-state index contributed by atoms with van der Waals surface area (Å²) in [6, 6.07) is 0. The highest BCUT2D eigenvalue weighted by molar-refractivity contribution is 5.81. The van der Waals surface area contributed by atoms with Crippen LogP contribution in [-0.4, -0.2) is 66.2 Å². The van der Waals surface area contributed by atoms with Crippen molar-refractivity contribution in [1.29, 1.82) is 0 Å². The minimum atomic E-state index is -0.231. The van der Waals surface area contributed by atoms with E-state index in [0.717, 1.165) is 57.0 Å². The minimum Gasteiger partial charge on any atom is -0.368 e. The molecule has 0 bridgehead atoms. The highest BCUT2D eigenvalue weighted by Crippen LogP contribution is 2.26. The number of carbonyl (C=O) groups is 1. The minimum absolute atomic E-state index is 0.139. The molecule has 1 unspecified atom stereocenters. The van der Waals surface area contributed by atoms with Gasteiger partial charge in [-0.1, -0.05) is 0 Å². The second kappa shape index (κ2) is 6.52. The number of hydrogen-bond donors (Lipinski definition) is 2. The van der Waals surface area contributed by atoms with Gasteiger partial charge in [-0.2, -0.15) is 4.98 Å². The molecule has 2 fully saturated rings. The number of anilines is 2. The lowest BCUT2D eigenvalue weighted by Crippen LogP contribution is -2.52. The molecule has 130 valence electrons. The van der Waals surface area contributed by atoms with E-state index >= 15 is 0 Å². The lowest BCUT2D eigenvalue weighted by Gasteiger charge is -2.37. The Morgan fingerprint density at radius 1 is 1.25 bits per heavy atom.